The molecule has 5 unspecified atom stereocenters. The van der Waals surface area contributed by atoms with Gasteiger partial charge in [-0.2, -0.15) is 0 Å². The van der Waals surface area contributed by atoms with Gasteiger partial charge in [0.15, 0.2) is 6.29 Å². The summed E-state index contributed by atoms with van der Waals surface area (Å²) in [5.41, 5.74) is 17.3. The monoisotopic (exact) mass is 323 g/mol. The second-order valence-electron chi connectivity index (χ2n) is 5.93. The molecule has 0 aromatic rings. The molecular weight excluding hydrogens is 298 g/mol. The van der Waals surface area contributed by atoms with Gasteiger partial charge >= 0.3 is 0 Å². The first-order valence-corrected chi connectivity index (χ1v) is 7.18. The molecule has 130 valence electrons. The SMILES string of the molecule is NC1C[C@@H](N)C(O)C(O)[C@@H]1O[C@H]1OC(CO)[C@@H](O)[C@H](O)C1N. The highest BCUT2D eigenvalue weighted by atomic mass is 16.7. The number of aliphatic hydroxyl groups excluding tert-OH is 5. The standard InChI is InChI=1S/C12H25N3O7/c13-3-1-4(14)11(10(20)7(3)17)22-12-6(15)9(19)8(18)5(2-16)21-12/h3-12,16-20H,1-2,13-15H2/t3-,4?,5?,6?,7?,8-,9-,10?,11-,12-/m1/s1. The van der Waals surface area contributed by atoms with Crippen molar-refractivity contribution in [2.45, 2.75) is 67.5 Å². The summed E-state index contributed by atoms with van der Waals surface area (Å²) in [6.07, 6.45) is -8.36. The summed E-state index contributed by atoms with van der Waals surface area (Å²) in [6.45, 7) is -0.544. The van der Waals surface area contributed by atoms with E-state index >= 15 is 0 Å². The summed E-state index contributed by atoms with van der Waals surface area (Å²) in [7, 11) is 0. The maximum absolute atomic E-state index is 10.0. The van der Waals surface area contributed by atoms with E-state index in [2.05, 4.69) is 0 Å². The van der Waals surface area contributed by atoms with Crippen molar-refractivity contribution < 1.29 is 35.0 Å². The number of hydrogen-bond donors (Lipinski definition) is 8. The van der Waals surface area contributed by atoms with Gasteiger partial charge in [-0.3, -0.25) is 0 Å². The normalized spacial score (nSPS) is 53.5. The Bertz CT molecular complexity index is 375. The van der Waals surface area contributed by atoms with Crippen LogP contribution < -0.4 is 17.2 Å². The maximum Gasteiger partial charge on any atom is 0.176 e. The Balaban J connectivity index is 2.08. The van der Waals surface area contributed by atoms with Crippen LogP contribution in [0.25, 0.3) is 0 Å². The molecule has 0 spiro atoms. The number of aliphatic hydroxyl groups is 5. The van der Waals surface area contributed by atoms with Crippen molar-refractivity contribution in [3.05, 3.63) is 0 Å². The largest absolute Gasteiger partial charge is 0.394 e. The molecule has 2 rings (SSSR count). The van der Waals surface area contributed by atoms with Crippen LogP contribution in [0.5, 0.6) is 0 Å². The van der Waals surface area contributed by atoms with Gasteiger partial charge in [-0.1, -0.05) is 0 Å². The molecule has 0 amide bonds. The van der Waals surface area contributed by atoms with E-state index in [-0.39, 0.29) is 6.42 Å². The van der Waals surface area contributed by atoms with E-state index in [1.807, 2.05) is 0 Å². The zero-order valence-corrected chi connectivity index (χ0v) is 12.0. The Hall–Kier alpha value is -0.400. The first-order chi connectivity index (χ1) is 10.3. The quantitative estimate of drug-likeness (QED) is 0.248. The summed E-state index contributed by atoms with van der Waals surface area (Å²) in [4.78, 5) is 0. The lowest BCUT2D eigenvalue weighted by atomic mass is 9.84. The third kappa shape index (κ3) is 3.26. The third-order valence-corrected chi connectivity index (χ3v) is 4.31. The zero-order chi connectivity index (χ0) is 16.6. The maximum atomic E-state index is 10.0. The molecular formula is C12H25N3O7. The average molecular weight is 323 g/mol. The summed E-state index contributed by atoms with van der Waals surface area (Å²) < 4.78 is 10.8. The van der Waals surface area contributed by atoms with Crippen molar-refractivity contribution in [2.75, 3.05) is 6.61 Å². The van der Waals surface area contributed by atoms with Crippen LogP contribution in [-0.4, -0.2) is 93.2 Å². The van der Waals surface area contributed by atoms with Crippen LogP contribution in [0, 0.1) is 0 Å². The Morgan fingerprint density at radius 2 is 1.55 bits per heavy atom. The van der Waals surface area contributed by atoms with Gasteiger partial charge in [-0.05, 0) is 6.42 Å². The van der Waals surface area contributed by atoms with Gasteiger partial charge in [0.25, 0.3) is 0 Å². The van der Waals surface area contributed by atoms with Gasteiger partial charge in [-0.25, -0.2) is 0 Å². The summed E-state index contributed by atoms with van der Waals surface area (Å²) >= 11 is 0. The van der Waals surface area contributed by atoms with Crippen molar-refractivity contribution in [3.63, 3.8) is 0 Å². The molecule has 1 aliphatic carbocycles. The van der Waals surface area contributed by atoms with Crippen molar-refractivity contribution in [2.24, 2.45) is 17.2 Å². The van der Waals surface area contributed by atoms with Crippen LogP contribution in [0.1, 0.15) is 6.42 Å². The molecule has 0 radical (unpaired) electrons. The molecule has 0 bridgehead atoms. The first-order valence-electron chi connectivity index (χ1n) is 7.18. The van der Waals surface area contributed by atoms with Gasteiger partial charge in [0.1, 0.15) is 30.5 Å². The van der Waals surface area contributed by atoms with Gasteiger partial charge < -0.3 is 52.2 Å². The van der Waals surface area contributed by atoms with Crippen LogP contribution in [0.4, 0.5) is 0 Å². The highest BCUT2D eigenvalue weighted by Crippen LogP contribution is 2.27. The summed E-state index contributed by atoms with van der Waals surface area (Å²) in [6, 6.07) is -2.45. The zero-order valence-electron chi connectivity index (χ0n) is 12.0. The molecule has 1 saturated heterocycles. The van der Waals surface area contributed by atoms with Gasteiger partial charge in [-0.15, -0.1) is 0 Å². The van der Waals surface area contributed by atoms with Gasteiger partial charge in [0.2, 0.25) is 0 Å². The highest BCUT2D eigenvalue weighted by molar-refractivity contribution is 4.99. The van der Waals surface area contributed by atoms with Crippen molar-refractivity contribution in [3.8, 4) is 0 Å². The van der Waals surface area contributed by atoms with Crippen LogP contribution >= 0.6 is 0 Å². The molecule has 10 heteroatoms. The molecule has 10 atom stereocenters. The van der Waals surface area contributed by atoms with Crippen LogP contribution in [0.3, 0.4) is 0 Å². The van der Waals surface area contributed by atoms with E-state index in [1.54, 1.807) is 0 Å². The highest BCUT2D eigenvalue weighted by Gasteiger charge is 2.47. The van der Waals surface area contributed by atoms with E-state index < -0.39 is 67.6 Å². The molecule has 1 saturated carbocycles. The molecule has 2 fully saturated rings. The van der Waals surface area contributed by atoms with E-state index in [0.717, 1.165) is 0 Å². The van der Waals surface area contributed by atoms with E-state index in [1.165, 1.54) is 0 Å². The Labute approximate surface area is 127 Å². The topological polar surface area (TPSA) is 198 Å². The summed E-state index contributed by atoms with van der Waals surface area (Å²) in [5.74, 6) is 0. The molecule has 1 aliphatic heterocycles. The molecule has 11 N–H and O–H groups in total. The van der Waals surface area contributed by atoms with Crippen molar-refractivity contribution in [1.82, 2.24) is 0 Å². The Morgan fingerprint density at radius 1 is 0.909 bits per heavy atom. The lowest BCUT2D eigenvalue weighted by molar-refractivity contribution is -0.293. The number of ether oxygens (including phenoxy) is 2. The number of nitrogens with two attached hydrogens (primary N) is 3. The Morgan fingerprint density at radius 3 is 2.14 bits per heavy atom. The van der Waals surface area contributed by atoms with E-state index in [9.17, 15) is 20.4 Å². The van der Waals surface area contributed by atoms with Gasteiger partial charge in [0, 0.05) is 12.1 Å². The fraction of sp³-hybridized carbons (Fsp3) is 1.00. The molecule has 22 heavy (non-hydrogen) atoms. The predicted octanol–water partition coefficient (Wildman–Crippen LogP) is -5.08. The van der Waals surface area contributed by atoms with Crippen LogP contribution in [0.2, 0.25) is 0 Å². The minimum Gasteiger partial charge on any atom is -0.394 e. The lowest BCUT2D eigenvalue weighted by Gasteiger charge is -2.45. The molecule has 1 heterocycles. The van der Waals surface area contributed by atoms with Crippen molar-refractivity contribution in [1.29, 1.82) is 0 Å². The number of rotatable bonds is 3. The van der Waals surface area contributed by atoms with Gasteiger partial charge in [0.05, 0.1) is 18.8 Å². The minimum atomic E-state index is -1.37. The third-order valence-electron chi connectivity index (χ3n) is 4.31. The number of hydrogen-bond acceptors (Lipinski definition) is 10. The Kier molecular flexibility index (Phi) is 5.72. The fourth-order valence-electron chi connectivity index (χ4n) is 2.85. The van der Waals surface area contributed by atoms with Crippen LogP contribution in [0.15, 0.2) is 0 Å². The molecule has 2 aliphatic rings. The molecule has 0 aromatic heterocycles. The molecule has 10 nitrogen and oxygen atoms in total. The minimum absolute atomic E-state index is 0.222. The summed E-state index contributed by atoms with van der Waals surface area (Å²) in [5, 5.41) is 48.6. The van der Waals surface area contributed by atoms with Crippen LogP contribution in [-0.2, 0) is 9.47 Å². The predicted molar refractivity (Wildman–Crippen MR) is 73.2 cm³/mol. The van der Waals surface area contributed by atoms with Crippen molar-refractivity contribution >= 4 is 0 Å². The molecule has 0 aromatic carbocycles. The van der Waals surface area contributed by atoms with E-state index in [4.69, 9.17) is 31.8 Å². The fourth-order valence-corrected chi connectivity index (χ4v) is 2.85. The second kappa shape index (κ2) is 7.01. The second-order valence-corrected chi connectivity index (χ2v) is 5.93. The average Bonchev–Trinajstić information content (AvgIpc) is 2.49. The smallest absolute Gasteiger partial charge is 0.176 e. The van der Waals surface area contributed by atoms with E-state index in [0.29, 0.717) is 0 Å². The lowest BCUT2D eigenvalue weighted by Crippen LogP contribution is -2.67. The first kappa shape index (κ1) is 17.9.